The summed E-state index contributed by atoms with van der Waals surface area (Å²) >= 11 is 6.13. The zero-order valence-electron chi connectivity index (χ0n) is 14.1. The van der Waals surface area contributed by atoms with Crippen molar-refractivity contribution in [2.45, 2.75) is 20.3 Å². The molecule has 0 saturated heterocycles. The fraction of sp³-hybridized carbons (Fsp3) is 0.412. The molecule has 1 rings (SSSR count). The molecule has 0 saturated carbocycles. The van der Waals surface area contributed by atoms with Gasteiger partial charge in [0, 0.05) is 12.6 Å². The lowest BCUT2D eigenvalue weighted by molar-refractivity contribution is -0.143. The number of benzene rings is 1. The molecule has 132 valence electrons. The summed E-state index contributed by atoms with van der Waals surface area (Å²) in [5, 5.41) is 2.99. The predicted octanol–water partition coefficient (Wildman–Crippen LogP) is 2.83. The first-order chi connectivity index (χ1) is 11.5. The molecule has 0 unspecified atom stereocenters. The third kappa shape index (κ3) is 6.50. The zero-order valence-corrected chi connectivity index (χ0v) is 14.8. The number of ether oxygens (including phenoxy) is 3. The van der Waals surface area contributed by atoms with E-state index < -0.39 is 5.97 Å². The number of rotatable bonds is 9. The van der Waals surface area contributed by atoms with Crippen molar-refractivity contribution in [3.05, 3.63) is 28.8 Å². The van der Waals surface area contributed by atoms with Gasteiger partial charge in [0.15, 0.2) is 18.1 Å². The predicted molar refractivity (Wildman–Crippen MR) is 92.5 cm³/mol. The average Bonchev–Trinajstić information content (AvgIpc) is 2.56. The van der Waals surface area contributed by atoms with Crippen molar-refractivity contribution in [1.29, 1.82) is 0 Å². The number of hydrogen-bond acceptors (Lipinski definition) is 5. The molecule has 7 heteroatoms. The first kappa shape index (κ1) is 19.8. The number of hydrogen-bond donors (Lipinski definition) is 1. The van der Waals surface area contributed by atoms with Crippen LogP contribution in [0.15, 0.2) is 18.2 Å². The Hall–Kier alpha value is -2.21. The van der Waals surface area contributed by atoms with Gasteiger partial charge < -0.3 is 19.5 Å². The molecule has 0 aliphatic heterocycles. The standard InChI is InChI=1S/C17H22ClNO5/c1-4-8-19-15(20)11-24-16(21)7-6-12-9-13(18)17(22-3)14(10-12)23-5-2/h6-7,9-10H,4-5,8,11H2,1-3H3,(H,19,20)/b7-6+. The average molecular weight is 356 g/mol. The highest BCUT2D eigenvalue weighted by molar-refractivity contribution is 6.32. The first-order valence-electron chi connectivity index (χ1n) is 7.63. The van der Waals surface area contributed by atoms with Gasteiger partial charge in [0.2, 0.25) is 0 Å². The maximum Gasteiger partial charge on any atom is 0.331 e. The lowest BCUT2D eigenvalue weighted by atomic mass is 10.2. The molecule has 0 atom stereocenters. The molecule has 0 spiro atoms. The number of methoxy groups -OCH3 is 1. The van der Waals surface area contributed by atoms with Crippen molar-refractivity contribution in [2.75, 3.05) is 26.9 Å². The Morgan fingerprint density at radius 2 is 2.04 bits per heavy atom. The van der Waals surface area contributed by atoms with E-state index in [0.29, 0.717) is 35.2 Å². The second kappa shape index (κ2) is 10.5. The Balaban J connectivity index is 2.69. The summed E-state index contributed by atoms with van der Waals surface area (Å²) < 4.78 is 15.5. The minimum absolute atomic E-state index is 0.309. The van der Waals surface area contributed by atoms with Crippen LogP contribution < -0.4 is 14.8 Å². The van der Waals surface area contributed by atoms with Crippen LogP contribution in [0, 0.1) is 0 Å². The van der Waals surface area contributed by atoms with Gasteiger partial charge in [0.05, 0.1) is 18.7 Å². The monoisotopic (exact) mass is 355 g/mol. The van der Waals surface area contributed by atoms with Crippen molar-refractivity contribution in [3.63, 3.8) is 0 Å². The van der Waals surface area contributed by atoms with E-state index >= 15 is 0 Å². The molecule has 6 nitrogen and oxygen atoms in total. The van der Waals surface area contributed by atoms with Gasteiger partial charge in [-0.05, 0) is 37.1 Å². The van der Waals surface area contributed by atoms with Crippen LogP contribution in [0.25, 0.3) is 6.08 Å². The lowest BCUT2D eigenvalue weighted by Crippen LogP contribution is -2.28. The lowest BCUT2D eigenvalue weighted by Gasteiger charge is -2.11. The Labute approximate surface area is 146 Å². The molecule has 0 bridgehead atoms. The highest BCUT2D eigenvalue weighted by Gasteiger charge is 2.11. The molecular weight excluding hydrogens is 334 g/mol. The van der Waals surface area contributed by atoms with Crippen LogP contribution in [-0.4, -0.2) is 38.7 Å². The van der Waals surface area contributed by atoms with E-state index in [4.69, 9.17) is 25.8 Å². The Morgan fingerprint density at radius 3 is 2.67 bits per heavy atom. The number of halogens is 1. The van der Waals surface area contributed by atoms with Gasteiger partial charge in [-0.3, -0.25) is 4.79 Å². The summed E-state index contributed by atoms with van der Waals surface area (Å²) in [6.45, 7) is 4.48. The number of carbonyl (C=O) groups is 2. The topological polar surface area (TPSA) is 73.9 Å². The molecular formula is C17H22ClNO5. The summed E-state index contributed by atoms with van der Waals surface area (Å²) in [6, 6.07) is 3.34. The normalized spacial score (nSPS) is 10.5. The van der Waals surface area contributed by atoms with Crippen LogP contribution in [0.4, 0.5) is 0 Å². The third-order valence-electron chi connectivity index (χ3n) is 2.87. The molecule has 0 aromatic heterocycles. The maximum atomic E-state index is 11.6. The van der Waals surface area contributed by atoms with Gasteiger partial charge in [-0.25, -0.2) is 4.79 Å². The minimum Gasteiger partial charge on any atom is -0.491 e. The van der Waals surface area contributed by atoms with E-state index in [9.17, 15) is 9.59 Å². The van der Waals surface area contributed by atoms with Gasteiger partial charge in [-0.15, -0.1) is 0 Å². The molecule has 1 aromatic rings. The van der Waals surface area contributed by atoms with Crippen molar-refractivity contribution < 1.29 is 23.8 Å². The highest BCUT2D eigenvalue weighted by Crippen LogP contribution is 2.36. The van der Waals surface area contributed by atoms with Gasteiger partial charge >= 0.3 is 5.97 Å². The zero-order chi connectivity index (χ0) is 17.9. The smallest absolute Gasteiger partial charge is 0.331 e. The molecule has 0 aliphatic rings. The largest absolute Gasteiger partial charge is 0.491 e. The summed E-state index contributed by atoms with van der Waals surface area (Å²) in [5.41, 5.74) is 0.650. The highest BCUT2D eigenvalue weighted by atomic mass is 35.5. The van der Waals surface area contributed by atoms with E-state index in [0.717, 1.165) is 6.42 Å². The van der Waals surface area contributed by atoms with Gasteiger partial charge in [-0.2, -0.15) is 0 Å². The van der Waals surface area contributed by atoms with Gasteiger partial charge in [-0.1, -0.05) is 18.5 Å². The molecule has 0 radical (unpaired) electrons. The molecule has 1 amide bonds. The van der Waals surface area contributed by atoms with Crippen LogP contribution >= 0.6 is 11.6 Å². The van der Waals surface area contributed by atoms with Crippen LogP contribution in [0.5, 0.6) is 11.5 Å². The van der Waals surface area contributed by atoms with E-state index in [1.807, 2.05) is 13.8 Å². The van der Waals surface area contributed by atoms with Crippen molar-refractivity contribution >= 4 is 29.6 Å². The fourth-order valence-electron chi connectivity index (χ4n) is 1.81. The SMILES string of the molecule is CCCNC(=O)COC(=O)/C=C/c1cc(Cl)c(OC)c(OCC)c1. The van der Waals surface area contributed by atoms with Crippen molar-refractivity contribution in [2.24, 2.45) is 0 Å². The molecule has 0 fully saturated rings. The molecule has 1 aromatic carbocycles. The number of amides is 1. The summed E-state index contributed by atoms with van der Waals surface area (Å²) in [6.07, 6.45) is 3.57. The van der Waals surface area contributed by atoms with E-state index in [2.05, 4.69) is 5.32 Å². The third-order valence-corrected chi connectivity index (χ3v) is 3.15. The van der Waals surface area contributed by atoms with Crippen LogP contribution in [0.3, 0.4) is 0 Å². The van der Waals surface area contributed by atoms with Crippen LogP contribution in [0.1, 0.15) is 25.8 Å². The van der Waals surface area contributed by atoms with Gasteiger partial charge in [0.25, 0.3) is 5.91 Å². The van der Waals surface area contributed by atoms with Crippen molar-refractivity contribution in [3.8, 4) is 11.5 Å². The molecule has 1 N–H and O–H groups in total. The van der Waals surface area contributed by atoms with Crippen LogP contribution in [-0.2, 0) is 14.3 Å². The second-order valence-corrected chi connectivity index (χ2v) is 5.17. The van der Waals surface area contributed by atoms with Crippen LogP contribution in [0.2, 0.25) is 5.02 Å². The fourth-order valence-corrected chi connectivity index (χ4v) is 2.11. The first-order valence-corrected chi connectivity index (χ1v) is 8.01. The minimum atomic E-state index is -0.619. The van der Waals surface area contributed by atoms with E-state index in [-0.39, 0.29) is 12.5 Å². The van der Waals surface area contributed by atoms with E-state index in [1.54, 1.807) is 12.1 Å². The summed E-state index contributed by atoms with van der Waals surface area (Å²) in [5.74, 6) is -0.0263. The molecule has 24 heavy (non-hydrogen) atoms. The Kier molecular flexibility index (Phi) is 8.71. The van der Waals surface area contributed by atoms with E-state index in [1.165, 1.54) is 19.3 Å². The summed E-state index contributed by atoms with van der Waals surface area (Å²) in [7, 11) is 1.50. The number of nitrogens with one attached hydrogen (secondary N) is 1. The second-order valence-electron chi connectivity index (χ2n) is 4.76. The number of carbonyl (C=O) groups excluding carboxylic acids is 2. The Morgan fingerprint density at radius 1 is 1.29 bits per heavy atom. The molecule has 0 aliphatic carbocycles. The van der Waals surface area contributed by atoms with Gasteiger partial charge in [0.1, 0.15) is 0 Å². The van der Waals surface area contributed by atoms with Crippen molar-refractivity contribution in [1.82, 2.24) is 5.32 Å². The number of esters is 1. The molecule has 0 heterocycles. The summed E-state index contributed by atoms with van der Waals surface area (Å²) in [4.78, 5) is 23.0. The Bertz CT molecular complexity index is 601. The maximum absolute atomic E-state index is 11.6. The quantitative estimate of drug-likeness (QED) is 0.544.